The number of benzene rings is 1. The Labute approximate surface area is 98.4 Å². The van der Waals surface area contributed by atoms with Gasteiger partial charge in [0.2, 0.25) is 0 Å². The van der Waals surface area contributed by atoms with Gasteiger partial charge in [-0.2, -0.15) is 0 Å². The molecule has 0 radical (unpaired) electrons. The molecule has 0 saturated heterocycles. The van der Waals surface area contributed by atoms with Crippen LogP contribution < -0.4 is 5.32 Å². The van der Waals surface area contributed by atoms with Crippen LogP contribution in [0.3, 0.4) is 0 Å². The summed E-state index contributed by atoms with van der Waals surface area (Å²) in [5.41, 5.74) is 1.03. The lowest BCUT2D eigenvalue weighted by Crippen LogP contribution is -2.27. The fourth-order valence-corrected chi connectivity index (χ4v) is 1.66. The van der Waals surface area contributed by atoms with Gasteiger partial charge in [0, 0.05) is 5.75 Å². The summed E-state index contributed by atoms with van der Waals surface area (Å²) in [6, 6.07) is 9.56. The average Bonchev–Trinajstić information content (AvgIpc) is 2.28. The molecule has 4 nitrogen and oxygen atoms in total. The first-order chi connectivity index (χ1) is 7.72. The number of alkyl carbamates (subject to hydrolysis) is 1. The summed E-state index contributed by atoms with van der Waals surface area (Å²) in [5, 5.41) is 1.71. The number of rotatable bonds is 3. The van der Waals surface area contributed by atoms with Gasteiger partial charge in [0.1, 0.15) is 0 Å². The Morgan fingerprint density at radius 3 is 2.62 bits per heavy atom. The second-order valence-corrected chi connectivity index (χ2v) is 3.86. The number of hydrogen-bond acceptors (Lipinski definition) is 4. The van der Waals surface area contributed by atoms with Crippen molar-refractivity contribution in [1.82, 2.24) is 5.32 Å². The van der Waals surface area contributed by atoms with E-state index in [1.54, 1.807) is 6.92 Å². The van der Waals surface area contributed by atoms with Crippen LogP contribution in [0, 0.1) is 0 Å². The Morgan fingerprint density at radius 1 is 1.31 bits per heavy atom. The fraction of sp³-hybridized carbons (Fsp3) is 0.273. The molecule has 0 fully saturated rings. The summed E-state index contributed by atoms with van der Waals surface area (Å²) in [6.07, 6.45) is -0.701. The molecule has 1 aromatic carbocycles. The molecule has 1 N–H and O–H groups in total. The van der Waals surface area contributed by atoms with E-state index >= 15 is 0 Å². The van der Waals surface area contributed by atoms with Crippen LogP contribution in [-0.4, -0.2) is 17.9 Å². The van der Waals surface area contributed by atoms with Gasteiger partial charge in [-0.25, -0.2) is 4.79 Å². The van der Waals surface area contributed by atoms with Crippen molar-refractivity contribution >= 4 is 23.1 Å². The van der Waals surface area contributed by atoms with Crippen molar-refractivity contribution in [2.45, 2.75) is 12.7 Å². The molecule has 0 spiro atoms. The maximum atomic E-state index is 11.3. The molecular weight excluding hydrogens is 226 g/mol. The number of thioether (sulfide) groups is 1. The maximum Gasteiger partial charge on any atom is 0.414 e. The predicted octanol–water partition coefficient (Wildman–Crippen LogP) is 2.79. The molecule has 86 valence electrons. The first-order valence-electron chi connectivity index (χ1n) is 4.87. The van der Waals surface area contributed by atoms with Crippen LogP contribution in [0.5, 0.6) is 0 Å². The van der Waals surface area contributed by atoms with Crippen molar-refractivity contribution in [1.29, 1.82) is 0 Å². The van der Waals surface area contributed by atoms with Gasteiger partial charge in [0.25, 0.3) is 5.24 Å². The van der Waals surface area contributed by atoms with E-state index in [0.717, 1.165) is 17.3 Å². The molecule has 1 rings (SSSR count). The van der Waals surface area contributed by atoms with Crippen molar-refractivity contribution in [3.05, 3.63) is 35.9 Å². The number of ether oxygens (including phenoxy) is 1. The van der Waals surface area contributed by atoms with E-state index in [1.807, 2.05) is 30.3 Å². The molecule has 0 aliphatic heterocycles. The van der Waals surface area contributed by atoms with Crippen molar-refractivity contribution in [3.8, 4) is 0 Å². The summed E-state index contributed by atoms with van der Waals surface area (Å²) < 4.78 is 4.58. The summed E-state index contributed by atoms with van der Waals surface area (Å²) in [5.74, 6) is 0.534. The number of carbonyl (C=O) groups is 2. The van der Waals surface area contributed by atoms with E-state index in [2.05, 4.69) is 10.1 Å². The smallest absolute Gasteiger partial charge is 0.414 e. The van der Waals surface area contributed by atoms with E-state index in [4.69, 9.17) is 0 Å². The lowest BCUT2D eigenvalue weighted by atomic mass is 10.2. The van der Waals surface area contributed by atoms with Gasteiger partial charge >= 0.3 is 6.09 Å². The van der Waals surface area contributed by atoms with Gasteiger partial charge < -0.3 is 4.74 Å². The summed E-state index contributed by atoms with van der Waals surface area (Å²) >= 11 is 1.03. The normalized spacial score (nSPS) is 9.56. The number of amides is 2. The van der Waals surface area contributed by atoms with Crippen LogP contribution in [-0.2, 0) is 10.5 Å². The Morgan fingerprint density at radius 2 is 2.00 bits per heavy atom. The largest absolute Gasteiger partial charge is 0.450 e. The van der Waals surface area contributed by atoms with Crippen molar-refractivity contribution in [2.75, 3.05) is 6.61 Å². The van der Waals surface area contributed by atoms with E-state index in [-0.39, 0.29) is 6.61 Å². The fourth-order valence-electron chi connectivity index (χ4n) is 1.01. The molecule has 16 heavy (non-hydrogen) atoms. The minimum Gasteiger partial charge on any atom is -0.450 e. The number of imide groups is 1. The first-order valence-corrected chi connectivity index (χ1v) is 5.85. The minimum absolute atomic E-state index is 0.252. The average molecular weight is 239 g/mol. The highest BCUT2D eigenvalue weighted by Gasteiger charge is 2.08. The van der Waals surface area contributed by atoms with Crippen LogP contribution in [0.15, 0.2) is 30.3 Å². The summed E-state index contributed by atoms with van der Waals surface area (Å²) in [6.45, 7) is 1.93. The maximum absolute atomic E-state index is 11.3. The lowest BCUT2D eigenvalue weighted by Gasteiger charge is -2.03. The van der Waals surface area contributed by atoms with Crippen LogP contribution in [0.25, 0.3) is 0 Å². The third-order valence-corrected chi connectivity index (χ3v) is 2.53. The van der Waals surface area contributed by atoms with Gasteiger partial charge in [-0.05, 0) is 12.5 Å². The number of hydrogen-bond donors (Lipinski definition) is 1. The number of nitrogens with one attached hydrogen (secondary N) is 1. The molecule has 0 aliphatic rings. The standard InChI is InChI=1S/C11H13NO3S/c1-2-15-10(13)12-11(14)16-8-9-6-4-3-5-7-9/h3-7H,2,8H2,1H3,(H,12,13,14). The van der Waals surface area contributed by atoms with Crippen molar-refractivity contribution in [3.63, 3.8) is 0 Å². The molecule has 0 heterocycles. The third-order valence-electron chi connectivity index (χ3n) is 1.69. The lowest BCUT2D eigenvalue weighted by molar-refractivity contribution is 0.155. The van der Waals surface area contributed by atoms with E-state index in [9.17, 15) is 9.59 Å². The van der Waals surface area contributed by atoms with Crippen LogP contribution in [0.4, 0.5) is 9.59 Å². The third kappa shape index (κ3) is 4.84. The second-order valence-electron chi connectivity index (χ2n) is 2.91. The number of carbonyl (C=O) groups excluding carboxylic acids is 2. The quantitative estimate of drug-likeness (QED) is 0.881. The zero-order valence-corrected chi connectivity index (χ0v) is 9.75. The van der Waals surface area contributed by atoms with Gasteiger partial charge in [0.15, 0.2) is 0 Å². The topological polar surface area (TPSA) is 55.4 Å². The summed E-state index contributed by atoms with van der Waals surface area (Å²) in [7, 11) is 0. The minimum atomic E-state index is -0.701. The highest BCUT2D eigenvalue weighted by atomic mass is 32.2. The molecule has 5 heteroatoms. The molecule has 0 atom stereocenters. The van der Waals surface area contributed by atoms with Gasteiger partial charge in [-0.15, -0.1) is 0 Å². The molecule has 2 amide bonds. The Kier molecular flexibility index (Phi) is 5.42. The van der Waals surface area contributed by atoms with Gasteiger partial charge in [-0.3, -0.25) is 10.1 Å². The SMILES string of the molecule is CCOC(=O)NC(=O)SCc1ccccc1. The molecule has 0 aliphatic carbocycles. The van der Waals surface area contributed by atoms with E-state index in [1.165, 1.54) is 0 Å². The van der Waals surface area contributed by atoms with Gasteiger partial charge in [-0.1, -0.05) is 42.1 Å². The van der Waals surface area contributed by atoms with E-state index < -0.39 is 11.3 Å². The first kappa shape index (κ1) is 12.6. The highest BCUT2D eigenvalue weighted by Crippen LogP contribution is 2.12. The van der Waals surface area contributed by atoms with E-state index in [0.29, 0.717) is 5.75 Å². The van der Waals surface area contributed by atoms with Crippen LogP contribution in [0.2, 0.25) is 0 Å². The molecule has 0 bridgehead atoms. The highest BCUT2D eigenvalue weighted by molar-refractivity contribution is 8.12. The van der Waals surface area contributed by atoms with Crippen molar-refractivity contribution in [2.24, 2.45) is 0 Å². The Bertz CT molecular complexity index is 354. The monoisotopic (exact) mass is 239 g/mol. The zero-order valence-electron chi connectivity index (χ0n) is 8.93. The molecule has 0 unspecified atom stereocenters. The van der Waals surface area contributed by atoms with Crippen LogP contribution >= 0.6 is 11.8 Å². The molecular formula is C11H13NO3S. The zero-order chi connectivity index (χ0) is 11.8. The van der Waals surface area contributed by atoms with Crippen LogP contribution in [0.1, 0.15) is 12.5 Å². The second kappa shape index (κ2) is 6.90. The molecule has 1 aromatic rings. The molecule has 0 aromatic heterocycles. The Hall–Kier alpha value is -1.49. The Balaban J connectivity index is 2.28. The van der Waals surface area contributed by atoms with Gasteiger partial charge in [0.05, 0.1) is 6.61 Å². The summed E-state index contributed by atoms with van der Waals surface area (Å²) in [4.78, 5) is 22.1. The molecule has 0 saturated carbocycles. The predicted molar refractivity (Wildman–Crippen MR) is 63.3 cm³/mol. The van der Waals surface area contributed by atoms with Crippen molar-refractivity contribution < 1.29 is 14.3 Å².